The van der Waals surface area contributed by atoms with Crippen LogP contribution < -0.4 is 0 Å². The summed E-state index contributed by atoms with van der Waals surface area (Å²) in [5.74, 6) is 0.942. The van der Waals surface area contributed by atoms with Gasteiger partial charge in [-0.25, -0.2) is 0 Å². The van der Waals surface area contributed by atoms with Crippen LogP contribution >= 0.6 is 0 Å². The molecule has 21 heavy (non-hydrogen) atoms. The van der Waals surface area contributed by atoms with Crippen molar-refractivity contribution >= 4 is 0 Å². The van der Waals surface area contributed by atoms with E-state index in [1.54, 1.807) is 0 Å². The van der Waals surface area contributed by atoms with Crippen molar-refractivity contribution in [1.82, 2.24) is 0 Å². The van der Waals surface area contributed by atoms with Crippen molar-refractivity contribution in [2.24, 2.45) is 11.3 Å². The molecule has 0 aliphatic heterocycles. The third-order valence-corrected chi connectivity index (χ3v) is 6.27. The first-order chi connectivity index (χ1) is 9.75. The molecule has 0 bridgehead atoms. The van der Waals surface area contributed by atoms with Crippen LogP contribution in [-0.2, 0) is 11.8 Å². The van der Waals surface area contributed by atoms with E-state index in [4.69, 9.17) is 0 Å². The first-order valence-electron chi connectivity index (χ1n) is 8.57. The van der Waals surface area contributed by atoms with Crippen LogP contribution in [0, 0.1) is 11.3 Å². The molecule has 1 fully saturated rings. The number of hydrogen-bond donors (Lipinski definition) is 1. The van der Waals surface area contributed by atoms with Crippen LogP contribution in [0.5, 0.6) is 0 Å². The summed E-state index contributed by atoms with van der Waals surface area (Å²) in [5.41, 5.74) is 4.68. The van der Waals surface area contributed by atoms with Gasteiger partial charge in [-0.05, 0) is 58.6 Å². The smallest absolute Gasteiger partial charge is 0.0622 e. The Kier molecular flexibility index (Phi) is 3.48. The summed E-state index contributed by atoms with van der Waals surface area (Å²) in [6, 6.07) is 7.03. The van der Waals surface area contributed by atoms with E-state index in [1.807, 2.05) is 0 Å². The summed E-state index contributed by atoms with van der Waals surface area (Å²) in [7, 11) is 0. The highest BCUT2D eigenvalue weighted by Crippen LogP contribution is 2.57. The standard InChI is InChI=1S/C20H30O/c1-13(2)14-7-8-16-15(11-14)12-17(21)18-19(3,4)9-6-10-20(16,18)5/h7-8,11,13,17-18,21H,6,9-10,12H2,1-5H3/t17-,18+,20+/m0/s1. The summed E-state index contributed by atoms with van der Waals surface area (Å²) in [6.07, 6.45) is 4.37. The molecule has 1 saturated carbocycles. The van der Waals surface area contributed by atoms with E-state index in [2.05, 4.69) is 52.8 Å². The van der Waals surface area contributed by atoms with E-state index in [9.17, 15) is 5.11 Å². The third kappa shape index (κ3) is 2.25. The topological polar surface area (TPSA) is 20.2 Å². The lowest BCUT2D eigenvalue weighted by atomic mass is 9.49. The zero-order valence-electron chi connectivity index (χ0n) is 14.2. The molecule has 0 heterocycles. The average molecular weight is 286 g/mol. The lowest BCUT2D eigenvalue weighted by Crippen LogP contribution is -2.54. The van der Waals surface area contributed by atoms with Crippen LogP contribution in [0.2, 0.25) is 0 Å². The molecule has 0 radical (unpaired) electrons. The minimum atomic E-state index is -0.194. The number of fused-ring (bicyclic) bond motifs is 3. The monoisotopic (exact) mass is 286 g/mol. The zero-order valence-corrected chi connectivity index (χ0v) is 14.2. The van der Waals surface area contributed by atoms with Crippen molar-refractivity contribution in [2.75, 3.05) is 0 Å². The number of rotatable bonds is 1. The normalized spacial score (nSPS) is 34.4. The predicted molar refractivity (Wildman–Crippen MR) is 88.7 cm³/mol. The van der Waals surface area contributed by atoms with Gasteiger partial charge in [0.1, 0.15) is 0 Å². The lowest BCUT2D eigenvalue weighted by Gasteiger charge is -2.56. The van der Waals surface area contributed by atoms with Crippen LogP contribution in [-0.4, -0.2) is 11.2 Å². The predicted octanol–water partition coefficient (Wildman–Crippen LogP) is 4.81. The van der Waals surface area contributed by atoms with E-state index in [1.165, 1.54) is 36.0 Å². The molecule has 0 saturated heterocycles. The van der Waals surface area contributed by atoms with Gasteiger partial charge < -0.3 is 5.11 Å². The Labute approximate surface area is 129 Å². The quantitative estimate of drug-likeness (QED) is 0.785. The fourth-order valence-electron chi connectivity index (χ4n) is 5.37. The molecule has 0 amide bonds. The molecule has 0 spiro atoms. The fourth-order valence-corrected chi connectivity index (χ4v) is 5.37. The largest absolute Gasteiger partial charge is 0.392 e. The molecule has 2 aliphatic carbocycles. The van der Waals surface area contributed by atoms with Gasteiger partial charge in [-0.1, -0.05) is 59.2 Å². The summed E-state index contributed by atoms with van der Waals surface area (Å²) < 4.78 is 0. The maximum atomic E-state index is 10.9. The summed E-state index contributed by atoms with van der Waals surface area (Å²) in [4.78, 5) is 0. The van der Waals surface area contributed by atoms with Crippen molar-refractivity contribution in [3.8, 4) is 0 Å². The van der Waals surface area contributed by atoms with E-state index < -0.39 is 0 Å². The van der Waals surface area contributed by atoms with Crippen LogP contribution in [0.25, 0.3) is 0 Å². The van der Waals surface area contributed by atoms with Crippen molar-refractivity contribution in [3.05, 3.63) is 34.9 Å². The van der Waals surface area contributed by atoms with Gasteiger partial charge in [0.2, 0.25) is 0 Å². The first-order valence-corrected chi connectivity index (χ1v) is 8.57. The van der Waals surface area contributed by atoms with Gasteiger partial charge in [-0.3, -0.25) is 0 Å². The molecule has 1 aromatic carbocycles. The zero-order chi connectivity index (χ0) is 15.4. The first kappa shape index (κ1) is 15.1. The molecule has 3 atom stereocenters. The molecule has 0 aromatic heterocycles. The van der Waals surface area contributed by atoms with Gasteiger partial charge in [0.15, 0.2) is 0 Å². The Morgan fingerprint density at radius 3 is 2.52 bits per heavy atom. The molecule has 1 heteroatoms. The van der Waals surface area contributed by atoms with Gasteiger partial charge >= 0.3 is 0 Å². The Balaban J connectivity index is 2.12. The lowest BCUT2D eigenvalue weighted by molar-refractivity contribution is -0.0534. The SMILES string of the molecule is CC(C)c1ccc2c(c1)C[C@H](O)[C@@H]1C(C)(C)CCC[C@]21C. The van der Waals surface area contributed by atoms with Gasteiger partial charge in [-0.2, -0.15) is 0 Å². The summed E-state index contributed by atoms with van der Waals surface area (Å²) in [6.45, 7) is 11.6. The molecule has 1 nitrogen and oxygen atoms in total. The summed E-state index contributed by atoms with van der Waals surface area (Å²) in [5, 5.41) is 10.9. The van der Waals surface area contributed by atoms with E-state index in [0.29, 0.717) is 11.8 Å². The maximum absolute atomic E-state index is 10.9. The van der Waals surface area contributed by atoms with Crippen LogP contribution in [0.15, 0.2) is 18.2 Å². The highest BCUT2D eigenvalue weighted by Gasteiger charge is 2.53. The number of aliphatic hydroxyl groups is 1. The molecular formula is C20H30O. The molecule has 0 unspecified atom stereocenters. The second kappa shape index (κ2) is 4.84. The van der Waals surface area contributed by atoms with Crippen molar-refractivity contribution in [3.63, 3.8) is 0 Å². The maximum Gasteiger partial charge on any atom is 0.0622 e. The van der Waals surface area contributed by atoms with Gasteiger partial charge in [0.25, 0.3) is 0 Å². The van der Waals surface area contributed by atoms with Gasteiger partial charge in [-0.15, -0.1) is 0 Å². The molecule has 1 aromatic rings. The Morgan fingerprint density at radius 2 is 1.86 bits per heavy atom. The highest BCUT2D eigenvalue weighted by atomic mass is 16.3. The molecule has 1 N–H and O–H groups in total. The number of hydrogen-bond acceptors (Lipinski definition) is 1. The van der Waals surface area contributed by atoms with Crippen molar-refractivity contribution < 1.29 is 5.11 Å². The number of aliphatic hydroxyl groups excluding tert-OH is 1. The summed E-state index contributed by atoms with van der Waals surface area (Å²) >= 11 is 0. The second-order valence-corrected chi connectivity index (χ2v) is 8.58. The van der Waals surface area contributed by atoms with Crippen LogP contribution in [0.3, 0.4) is 0 Å². The van der Waals surface area contributed by atoms with E-state index >= 15 is 0 Å². The van der Waals surface area contributed by atoms with Gasteiger partial charge in [0.05, 0.1) is 6.10 Å². The van der Waals surface area contributed by atoms with Crippen molar-refractivity contribution in [2.45, 2.75) is 77.7 Å². The van der Waals surface area contributed by atoms with Gasteiger partial charge in [0, 0.05) is 0 Å². The highest BCUT2D eigenvalue weighted by molar-refractivity contribution is 5.43. The number of benzene rings is 1. The van der Waals surface area contributed by atoms with Crippen LogP contribution in [0.4, 0.5) is 0 Å². The average Bonchev–Trinajstić information content (AvgIpc) is 2.36. The third-order valence-electron chi connectivity index (χ3n) is 6.27. The second-order valence-electron chi connectivity index (χ2n) is 8.58. The van der Waals surface area contributed by atoms with Crippen LogP contribution in [0.1, 0.15) is 76.5 Å². The molecule has 116 valence electrons. The fraction of sp³-hybridized carbons (Fsp3) is 0.700. The molecule has 3 rings (SSSR count). The minimum Gasteiger partial charge on any atom is -0.392 e. The molecular weight excluding hydrogens is 256 g/mol. The molecule has 2 aliphatic rings. The van der Waals surface area contributed by atoms with E-state index in [-0.39, 0.29) is 16.9 Å². The van der Waals surface area contributed by atoms with Crippen molar-refractivity contribution in [1.29, 1.82) is 0 Å². The Hall–Kier alpha value is -0.820. The Bertz CT molecular complexity index is 543. The minimum absolute atomic E-state index is 0.143. The van der Waals surface area contributed by atoms with E-state index in [0.717, 1.165) is 6.42 Å². The Morgan fingerprint density at radius 1 is 1.14 bits per heavy atom.